The molecular formula is C24H22N4O5. The lowest BCUT2D eigenvalue weighted by atomic mass is 10.2. The number of carbonyl (C=O) groups excluding carboxylic acids is 2. The Morgan fingerprint density at radius 1 is 1.03 bits per heavy atom. The summed E-state index contributed by atoms with van der Waals surface area (Å²) in [4.78, 5) is 47.7. The van der Waals surface area contributed by atoms with Gasteiger partial charge in [0.25, 0.3) is 11.5 Å². The first-order chi connectivity index (χ1) is 16.0. The molecule has 0 saturated carbocycles. The van der Waals surface area contributed by atoms with Crippen molar-refractivity contribution in [1.82, 2.24) is 14.0 Å². The standard InChI is InChI=1S/C24H22N4O5/c1-4-32-18-11-7-6-10-15(18)22(29)26-21-17(24(31)33-5-2)14-16-20(27(21)3)25-19-12-8-9-13-28(19)23(16)30/h6-14H,4-5H2,1-3H3. The van der Waals surface area contributed by atoms with Gasteiger partial charge in [-0.3, -0.25) is 14.0 Å². The first kappa shape index (κ1) is 21.9. The van der Waals surface area contributed by atoms with E-state index in [1.54, 1.807) is 62.6 Å². The minimum atomic E-state index is -0.697. The number of aromatic nitrogens is 3. The summed E-state index contributed by atoms with van der Waals surface area (Å²) in [7, 11) is 1.59. The van der Waals surface area contributed by atoms with Crippen molar-refractivity contribution in [3.63, 3.8) is 0 Å². The molecule has 0 spiro atoms. The molecule has 0 aliphatic rings. The molecule has 33 heavy (non-hydrogen) atoms. The van der Waals surface area contributed by atoms with E-state index in [1.807, 2.05) is 6.92 Å². The molecular weight excluding hydrogens is 424 g/mol. The van der Waals surface area contributed by atoms with Crippen molar-refractivity contribution in [1.29, 1.82) is 0 Å². The highest BCUT2D eigenvalue weighted by atomic mass is 16.5. The molecule has 0 aliphatic heterocycles. The fourth-order valence-corrected chi connectivity index (χ4v) is 3.54. The van der Waals surface area contributed by atoms with Crippen molar-refractivity contribution in [2.24, 2.45) is 12.0 Å². The molecule has 9 nitrogen and oxygen atoms in total. The van der Waals surface area contributed by atoms with E-state index in [-0.39, 0.29) is 39.8 Å². The Balaban J connectivity index is 2.04. The molecule has 0 bridgehead atoms. The number of pyridine rings is 2. The van der Waals surface area contributed by atoms with Crippen molar-refractivity contribution < 1.29 is 19.1 Å². The van der Waals surface area contributed by atoms with Gasteiger partial charge in [0, 0.05) is 13.2 Å². The molecule has 3 aromatic heterocycles. The molecule has 1 aromatic carbocycles. The summed E-state index contributed by atoms with van der Waals surface area (Å²) in [6.45, 7) is 3.98. The lowest BCUT2D eigenvalue weighted by Gasteiger charge is -2.12. The third-order valence-electron chi connectivity index (χ3n) is 5.03. The van der Waals surface area contributed by atoms with Crippen LogP contribution in [-0.2, 0) is 11.8 Å². The largest absolute Gasteiger partial charge is 0.493 e. The van der Waals surface area contributed by atoms with Gasteiger partial charge >= 0.3 is 5.97 Å². The number of hydrogen-bond acceptors (Lipinski definition) is 6. The number of rotatable bonds is 5. The number of esters is 1. The first-order valence-corrected chi connectivity index (χ1v) is 10.4. The molecule has 4 aromatic rings. The maximum Gasteiger partial charge on any atom is 0.341 e. The molecule has 9 heteroatoms. The fourth-order valence-electron chi connectivity index (χ4n) is 3.54. The first-order valence-electron chi connectivity index (χ1n) is 10.4. The summed E-state index contributed by atoms with van der Waals surface area (Å²) in [5, 5.41) is 0.199. The molecule has 4 rings (SSSR count). The smallest absolute Gasteiger partial charge is 0.341 e. The number of benzene rings is 1. The minimum Gasteiger partial charge on any atom is -0.493 e. The van der Waals surface area contributed by atoms with Crippen molar-refractivity contribution >= 4 is 28.6 Å². The molecule has 168 valence electrons. The van der Waals surface area contributed by atoms with Crippen LogP contribution >= 0.6 is 0 Å². The van der Waals surface area contributed by atoms with Gasteiger partial charge in [0.15, 0.2) is 5.49 Å². The van der Waals surface area contributed by atoms with Crippen LogP contribution in [0.15, 0.2) is 64.5 Å². The van der Waals surface area contributed by atoms with Gasteiger partial charge in [0.1, 0.15) is 22.6 Å². The maximum atomic E-state index is 13.1. The average Bonchev–Trinajstić information content (AvgIpc) is 2.82. The number of para-hydroxylation sites is 1. The predicted octanol–water partition coefficient (Wildman–Crippen LogP) is 2.50. The summed E-state index contributed by atoms with van der Waals surface area (Å²) in [6, 6.07) is 13.3. The van der Waals surface area contributed by atoms with E-state index in [0.29, 0.717) is 18.0 Å². The van der Waals surface area contributed by atoms with Gasteiger partial charge in [-0.15, -0.1) is 0 Å². The second-order valence-electron chi connectivity index (χ2n) is 7.09. The second-order valence-corrected chi connectivity index (χ2v) is 7.09. The van der Waals surface area contributed by atoms with Crippen LogP contribution in [0, 0.1) is 0 Å². The lowest BCUT2D eigenvalue weighted by Crippen LogP contribution is -2.31. The highest BCUT2D eigenvalue weighted by Crippen LogP contribution is 2.19. The Labute approximate surface area is 188 Å². The quantitative estimate of drug-likeness (QED) is 0.345. The Hall–Kier alpha value is -4.27. The van der Waals surface area contributed by atoms with Crippen molar-refractivity contribution in [3.8, 4) is 5.75 Å². The zero-order valence-electron chi connectivity index (χ0n) is 18.4. The number of ether oxygens (including phenoxy) is 2. The third-order valence-corrected chi connectivity index (χ3v) is 5.03. The molecule has 0 atom stereocenters. The van der Waals surface area contributed by atoms with Crippen LogP contribution in [0.1, 0.15) is 34.6 Å². The van der Waals surface area contributed by atoms with Crippen LogP contribution in [-0.4, -0.2) is 39.0 Å². The summed E-state index contributed by atoms with van der Waals surface area (Å²) in [5.74, 6) is -0.911. The van der Waals surface area contributed by atoms with E-state index in [0.717, 1.165) is 0 Å². The number of fused-ring (bicyclic) bond motifs is 2. The molecule has 0 radical (unpaired) electrons. The SMILES string of the molecule is CCOC(=O)c1cc2c(=O)n3ccccc3nc2n(C)c1=NC(=O)c1ccccc1OCC. The van der Waals surface area contributed by atoms with E-state index in [4.69, 9.17) is 9.47 Å². The van der Waals surface area contributed by atoms with E-state index in [2.05, 4.69) is 9.98 Å². The number of nitrogens with zero attached hydrogens (tertiary/aromatic N) is 4. The molecule has 1 amide bonds. The summed E-state index contributed by atoms with van der Waals surface area (Å²) >= 11 is 0. The number of carbonyl (C=O) groups is 2. The molecule has 0 aliphatic carbocycles. The molecule has 3 heterocycles. The van der Waals surface area contributed by atoms with E-state index in [9.17, 15) is 14.4 Å². The van der Waals surface area contributed by atoms with Crippen LogP contribution in [0.3, 0.4) is 0 Å². The van der Waals surface area contributed by atoms with Crippen molar-refractivity contribution in [3.05, 3.63) is 81.7 Å². The van der Waals surface area contributed by atoms with Gasteiger partial charge in [-0.25, -0.2) is 9.78 Å². The summed E-state index contributed by atoms with van der Waals surface area (Å²) in [6.07, 6.45) is 1.60. The second kappa shape index (κ2) is 9.07. The highest BCUT2D eigenvalue weighted by Gasteiger charge is 2.19. The van der Waals surface area contributed by atoms with Crippen LogP contribution in [0.4, 0.5) is 0 Å². The van der Waals surface area contributed by atoms with Crippen LogP contribution < -0.4 is 15.8 Å². The van der Waals surface area contributed by atoms with Gasteiger partial charge < -0.3 is 14.0 Å². The molecule has 0 unspecified atom stereocenters. The lowest BCUT2D eigenvalue weighted by molar-refractivity contribution is 0.0523. The number of aryl methyl sites for hydroxylation is 1. The maximum absolute atomic E-state index is 13.1. The van der Waals surface area contributed by atoms with E-state index in [1.165, 1.54) is 15.0 Å². The van der Waals surface area contributed by atoms with Crippen LogP contribution in [0.2, 0.25) is 0 Å². The van der Waals surface area contributed by atoms with E-state index < -0.39 is 11.9 Å². The predicted molar refractivity (Wildman–Crippen MR) is 121 cm³/mol. The van der Waals surface area contributed by atoms with E-state index >= 15 is 0 Å². The Morgan fingerprint density at radius 3 is 2.55 bits per heavy atom. The van der Waals surface area contributed by atoms with Gasteiger partial charge in [-0.05, 0) is 44.2 Å². The molecule has 0 saturated heterocycles. The Morgan fingerprint density at radius 2 is 1.79 bits per heavy atom. The Bertz CT molecular complexity index is 1520. The van der Waals surface area contributed by atoms with Gasteiger partial charge in [-0.2, -0.15) is 4.99 Å². The van der Waals surface area contributed by atoms with Crippen molar-refractivity contribution in [2.75, 3.05) is 13.2 Å². The monoisotopic (exact) mass is 446 g/mol. The highest BCUT2D eigenvalue weighted by molar-refractivity contribution is 5.99. The average molecular weight is 446 g/mol. The molecule has 0 N–H and O–H groups in total. The Kier molecular flexibility index (Phi) is 6.03. The third kappa shape index (κ3) is 4.00. The van der Waals surface area contributed by atoms with Gasteiger partial charge in [0.05, 0.1) is 24.2 Å². The number of amides is 1. The zero-order chi connectivity index (χ0) is 23.5. The minimum absolute atomic E-state index is 0.0103. The van der Waals surface area contributed by atoms with Gasteiger partial charge in [0.2, 0.25) is 0 Å². The summed E-state index contributed by atoms with van der Waals surface area (Å²) in [5.41, 5.74) is 0.628. The topological polar surface area (TPSA) is 104 Å². The normalized spacial score (nSPS) is 11.7. The summed E-state index contributed by atoms with van der Waals surface area (Å²) < 4.78 is 13.6. The molecule has 0 fully saturated rings. The fraction of sp³-hybridized carbons (Fsp3) is 0.208. The number of hydrogen-bond donors (Lipinski definition) is 0. The van der Waals surface area contributed by atoms with Crippen LogP contribution in [0.25, 0.3) is 16.7 Å². The van der Waals surface area contributed by atoms with Gasteiger partial charge in [-0.1, -0.05) is 18.2 Å². The zero-order valence-corrected chi connectivity index (χ0v) is 18.4. The van der Waals surface area contributed by atoms with Crippen LogP contribution in [0.5, 0.6) is 5.75 Å². The van der Waals surface area contributed by atoms with Crippen molar-refractivity contribution in [2.45, 2.75) is 13.8 Å².